The molecule has 0 spiro atoms. The van der Waals surface area contributed by atoms with E-state index in [2.05, 4.69) is 5.32 Å². The summed E-state index contributed by atoms with van der Waals surface area (Å²) in [7, 11) is -3.70. The minimum Gasteiger partial charge on any atom is -0.492 e. The van der Waals surface area contributed by atoms with Gasteiger partial charge in [-0.15, -0.1) is 0 Å². The van der Waals surface area contributed by atoms with Crippen LogP contribution in [0.25, 0.3) is 0 Å². The number of carbonyl (C=O) groups is 3. The van der Waals surface area contributed by atoms with Gasteiger partial charge in [-0.2, -0.15) is 4.31 Å². The molecule has 10 heteroatoms. The molecule has 2 saturated heterocycles. The summed E-state index contributed by atoms with van der Waals surface area (Å²) in [5.74, 6) is -1.03. The van der Waals surface area contributed by atoms with Crippen molar-refractivity contribution < 1.29 is 27.5 Å². The summed E-state index contributed by atoms with van der Waals surface area (Å²) in [5, 5.41) is 2.64. The van der Waals surface area contributed by atoms with Crippen molar-refractivity contribution in [3.63, 3.8) is 0 Å². The largest absolute Gasteiger partial charge is 0.492 e. The van der Waals surface area contributed by atoms with Crippen LogP contribution in [-0.2, 0) is 24.4 Å². The maximum Gasteiger partial charge on any atom is 0.244 e. The van der Waals surface area contributed by atoms with Gasteiger partial charge in [0.2, 0.25) is 27.7 Å². The molecule has 9 nitrogen and oxygen atoms in total. The molecule has 0 atom stereocenters. The number of rotatable bonds is 8. The van der Waals surface area contributed by atoms with E-state index in [1.807, 2.05) is 13.8 Å². The maximum atomic E-state index is 13.1. The monoisotopic (exact) mass is 479 g/mol. The first-order valence-electron chi connectivity index (χ1n) is 11.5. The highest BCUT2D eigenvalue weighted by Gasteiger charge is 2.40. The number of likely N-dealkylation sites (tertiary alicyclic amines) is 1. The molecule has 182 valence electrons. The highest BCUT2D eigenvalue weighted by molar-refractivity contribution is 7.89. The van der Waals surface area contributed by atoms with E-state index in [1.165, 1.54) is 22.5 Å². The minimum atomic E-state index is -3.70. The molecule has 0 saturated carbocycles. The van der Waals surface area contributed by atoms with Crippen LogP contribution in [0.4, 0.5) is 5.69 Å². The second-order valence-corrected chi connectivity index (χ2v) is 10.9. The van der Waals surface area contributed by atoms with Gasteiger partial charge in [0.15, 0.2) is 0 Å². The number of nitrogens with zero attached hydrogens (tertiary/aromatic N) is 2. The summed E-state index contributed by atoms with van der Waals surface area (Å²) in [6.45, 7) is 6.43. The van der Waals surface area contributed by atoms with E-state index in [1.54, 1.807) is 6.92 Å². The SMILES string of the molecule is CCOc1ccc(S(=O)(=O)N2CCCCC2)cc1NC(=O)CN1C(=O)CC(C)(CC)CC1=O. The lowest BCUT2D eigenvalue weighted by Gasteiger charge is -2.36. The van der Waals surface area contributed by atoms with Gasteiger partial charge in [-0.05, 0) is 49.8 Å². The predicted octanol–water partition coefficient (Wildman–Crippen LogP) is 2.76. The number of hydrogen-bond acceptors (Lipinski definition) is 6. The molecule has 0 aromatic heterocycles. The molecule has 33 heavy (non-hydrogen) atoms. The Balaban J connectivity index is 1.79. The minimum absolute atomic E-state index is 0.0620. The van der Waals surface area contributed by atoms with Crippen LogP contribution in [0, 0.1) is 5.41 Å². The molecule has 0 bridgehead atoms. The second kappa shape index (κ2) is 10.2. The molecule has 0 aliphatic carbocycles. The van der Waals surface area contributed by atoms with Crippen LogP contribution in [0.5, 0.6) is 5.75 Å². The molecule has 2 aliphatic heterocycles. The topological polar surface area (TPSA) is 113 Å². The van der Waals surface area contributed by atoms with E-state index in [4.69, 9.17) is 4.74 Å². The van der Waals surface area contributed by atoms with Crippen LogP contribution in [0.2, 0.25) is 0 Å². The molecule has 2 fully saturated rings. The molecular formula is C23H33N3O6S. The van der Waals surface area contributed by atoms with E-state index >= 15 is 0 Å². The quantitative estimate of drug-likeness (QED) is 0.574. The van der Waals surface area contributed by atoms with Crippen molar-refractivity contribution in [3.05, 3.63) is 18.2 Å². The van der Waals surface area contributed by atoms with Gasteiger partial charge >= 0.3 is 0 Å². The lowest BCUT2D eigenvalue weighted by Crippen LogP contribution is -2.49. The Morgan fingerprint density at radius 1 is 1.09 bits per heavy atom. The van der Waals surface area contributed by atoms with Gasteiger partial charge < -0.3 is 10.1 Å². The van der Waals surface area contributed by atoms with Crippen LogP contribution < -0.4 is 10.1 Å². The molecule has 1 N–H and O–H groups in total. The van der Waals surface area contributed by atoms with Gasteiger partial charge in [0, 0.05) is 25.9 Å². The fourth-order valence-electron chi connectivity index (χ4n) is 4.19. The van der Waals surface area contributed by atoms with Crippen molar-refractivity contribution in [1.82, 2.24) is 9.21 Å². The van der Waals surface area contributed by atoms with Gasteiger partial charge in [0.05, 0.1) is 17.2 Å². The standard InChI is InChI=1S/C23H33N3O6S/c1-4-23(3)14-21(28)26(22(29)15-23)16-20(27)24-18-13-17(9-10-19(18)32-5-2)33(30,31)25-11-7-6-8-12-25/h9-10,13H,4-8,11-12,14-16H2,1-3H3,(H,24,27). The smallest absolute Gasteiger partial charge is 0.244 e. The van der Waals surface area contributed by atoms with Gasteiger partial charge in [0.1, 0.15) is 12.3 Å². The van der Waals surface area contributed by atoms with Crippen LogP contribution in [0.3, 0.4) is 0 Å². The Kier molecular flexibility index (Phi) is 7.79. The maximum absolute atomic E-state index is 13.1. The third-order valence-electron chi connectivity index (χ3n) is 6.39. The van der Waals surface area contributed by atoms with E-state index in [-0.39, 0.29) is 40.7 Å². The lowest BCUT2D eigenvalue weighted by atomic mass is 9.77. The number of amides is 3. The Morgan fingerprint density at radius 3 is 2.30 bits per heavy atom. The number of carbonyl (C=O) groups excluding carboxylic acids is 3. The average molecular weight is 480 g/mol. The number of benzene rings is 1. The third kappa shape index (κ3) is 5.73. The van der Waals surface area contributed by atoms with Crippen LogP contribution in [0.1, 0.15) is 59.3 Å². The Hall–Kier alpha value is -2.46. The molecule has 3 amide bonds. The number of nitrogens with one attached hydrogen (secondary N) is 1. The second-order valence-electron chi connectivity index (χ2n) is 9.00. The zero-order chi connectivity index (χ0) is 24.2. The summed E-state index contributed by atoms with van der Waals surface area (Å²) < 4.78 is 33.1. The van der Waals surface area contributed by atoms with E-state index in [0.717, 1.165) is 24.2 Å². The Bertz CT molecular complexity index is 999. The highest BCUT2D eigenvalue weighted by Crippen LogP contribution is 2.35. The van der Waals surface area contributed by atoms with Crippen molar-refractivity contribution in [1.29, 1.82) is 0 Å². The number of piperidine rings is 2. The molecular weight excluding hydrogens is 446 g/mol. The van der Waals surface area contributed by atoms with Crippen LogP contribution in [0.15, 0.2) is 23.1 Å². The molecule has 0 radical (unpaired) electrons. The van der Waals surface area contributed by atoms with Crippen molar-refractivity contribution in [2.75, 3.05) is 31.6 Å². The van der Waals surface area contributed by atoms with Crippen molar-refractivity contribution in [2.24, 2.45) is 5.41 Å². The fraction of sp³-hybridized carbons (Fsp3) is 0.609. The number of anilines is 1. The molecule has 1 aromatic carbocycles. The van der Waals surface area contributed by atoms with E-state index in [9.17, 15) is 22.8 Å². The Labute approximate surface area is 195 Å². The van der Waals surface area contributed by atoms with Crippen molar-refractivity contribution in [3.8, 4) is 5.75 Å². The number of ether oxygens (including phenoxy) is 1. The fourth-order valence-corrected chi connectivity index (χ4v) is 5.73. The summed E-state index contributed by atoms with van der Waals surface area (Å²) in [4.78, 5) is 38.8. The van der Waals surface area contributed by atoms with Crippen LogP contribution >= 0.6 is 0 Å². The number of sulfonamides is 1. The molecule has 2 heterocycles. The molecule has 2 aliphatic rings. The van der Waals surface area contributed by atoms with Gasteiger partial charge in [-0.25, -0.2) is 8.42 Å². The third-order valence-corrected chi connectivity index (χ3v) is 8.29. The predicted molar refractivity (Wildman–Crippen MR) is 123 cm³/mol. The number of imide groups is 1. The first kappa shape index (κ1) is 25.2. The molecule has 3 rings (SSSR count). The van der Waals surface area contributed by atoms with Crippen molar-refractivity contribution in [2.45, 2.75) is 64.2 Å². The normalized spacial score (nSPS) is 19.4. The van der Waals surface area contributed by atoms with Gasteiger partial charge in [-0.3, -0.25) is 19.3 Å². The molecule has 0 unspecified atom stereocenters. The Morgan fingerprint density at radius 2 is 1.73 bits per heavy atom. The summed E-state index contributed by atoms with van der Waals surface area (Å²) >= 11 is 0. The zero-order valence-corrected chi connectivity index (χ0v) is 20.4. The highest BCUT2D eigenvalue weighted by atomic mass is 32.2. The van der Waals surface area contributed by atoms with E-state index < -0.39 is 22.5 Å². The summed E-state index contributed by atoms with van der Waals surface area (Å²) in [6.07, 6.45) is 3.73. The number of hydrogen-bond donors (Lipinski definition) is 1. The summed E-state index contributed by atoms with van der Waals surface area (Å²) in [5.41, 5.74) is -0.198. The van der Waals surface area contributed by atoms with Gasteiger partial charge in [-0.1, -0.05) is 20.3 Å². The summed E-state index contributed by atoms with van der Waals surface area (Å²) in [6, 6.07) is 4.36. The molecule has 1 aromatic rings. The van der Waals surface area contributed by atoms with Crippen molar-refractivity contribution >= 4 is 33.4 Å². The zero-order valence-electron chi connectivity index (χ0n) is 19.6. The van der Waals surface area contributed by atoms with Gasteiger partial charge in [0.25, 0.3) is 0 Å². The lowest BCUT2D eigenvalue weighted by molar-refractivity contribution is -0.154. The first-order valence-corrected chi connectivity index (χ1v) is 12.9. The first-order chi connectivity index (χ1) is 15.6. The van der Waals surface area contributed by atoms with Crippen LogP contribution in [-0.4, -0.2) is 61.6 Å². The average Bonchev–Trinajstić information content (AvgIpc) is 2.78. The van der Waals surface area contributed by atoms with E-state index in [0.29, 0.717) is 31.9 Å².